The first-order chi connectivity index (χ1) is 11.7. The molecule has 1 atom stereocenters. The number of aromatic nitrogens is 3. The molecule has 0 fully saturated rings. The van der Waals surface area contributed by atoms with E-state index in [2.05, 4.69) is 31.0 Å². The molecule has 2 N–H and O–H groups in total. The molecule has 4 rings (SSSR count). The molecule has 0 radical (unpaired) electrons. The zero-order valence-electron chi connectivity index (χ0n) is 13.4. The van der Waals surface area contributed by atoms with E-state index in [0.717, 1.165) is 45.9 Å². The lowest BCUT2D eigenvalue weighted by Crippen LogP contribution is -2.48. The Morgan fingerprint density at radius 1 is 1.46 bits per heavy atom. The van der Waals surface area contributed by atoms with Gasteiger partial charge in [-0.3, -0.25) is 10.1 Å². The number of rotatable bonds is 3. The molecule has 0 aliphatic carbocycles. The molecule has 24 heavy (non-hydrogen) atoms. The predicted octanol–water partition coefficient (Wildman–Crippen LogP) is 2.82. The van der Waals surface area contributed by atoms with Crippen molar-refractivity contribution in [2.75, 3.05) is 12.8 Å². The molecule has 9 heteroatoms. The van der Waals surface area contributed by atoms with Crippen LogP contribution in [-0.2, 0) is 0 Å². The normalized spacial score (nSPS) is 22.0. The summed E-state index contributed by atoms with van der Waals surface area (Å²) in [5.74, 6) is 1.65. The van der Waals surface area contributed by atoms with Gasteiger partial charge in [-0.05, 0) is 37.2 Å². The van der Waals surface area contributed by atoms with E-state index >= 15 is 0 Å². The van der Waals surface area contributed by atoms with Gasteiger partial charge in [0.05, 0.1) is 23.0 Å². The molecule has 0 saturated carbocycles. The zero-order valence-corrected chi connectivity index (χ0v) is 15.0. The molecule has 1 unspecified atom stereocenters. The van der Waals surface area contributed by atoms with E-state index in [1.807, 2.05) is 31.6 Å². The molecular weight excluding hydrogens is 342 g/mol. The fraction of sp³-hybridized carbons (Fsp3) is 0.333. The second-order valence-electron chi connectivity index (χ2n) is 5.54. The molecule has 0 saturated heterocycles. The van der Waals surface area contributed by atoms with Gasteiger partial charge in [0.25, 0.3) is 0 Å². The van der Waals surface area contributed by atoms with Crippen LogP contribution >= 0.6 is 23.3 Å². The number of H-pyrrole nitrogens is 1. The molecule has 2 aliphatic rings. The van der Waals surface area contributed by atoms with Crippen LogP contribution in [0.25, 0.3) is 0 Å². The van der Waals surface area contributed by atoms with Gasteiger partial charge in [-0.2, -0.15) is 9.47 Å². The van der Waals surface area contributed by atoms with Crippen LogP contribution in [-0.4, -0.2) is 43.9 Å². The molecular formula is C15H17N7S2. The number of hydrogen-bond donors (Lipinski definition) is 2. The van der Waals surface area contributed by atoms with E-state index in [1.165, 1.54) is 11.5 Å². The minimum Gasteiger partial charge on any atom is -0.331 e. The Labute approximate surface area is 148 Å². The van der Waals surface area contributed by atoms with Crippen molar-refractivity contribution in [3.05, 3.63) is 40.9 Å². The SMILES string of the molecule is CSC1=CN2C(=NCCC2c2cn[nH]c2)/C(=N/c2cc(C)ns2)N1. The van der Waals surface area contributed by atoms with Crippen LogP contribution < -0.4 is 5.32 Å². The maximum atomic E-state index is 4.75. The van der Waals surface area contributed by atoms with E-state index in [4.69, 9.17) is 9.98 Å². The van der Waals surface area contributed by atoms with E-state index in [1.54, 1.807) is 11.8 Å². The first-order valence-corrected chi connectivity index (χ1v) is 9.61. The van der Waals surface area contributed by atoms with Gasteiger partial charge in [-0.15, -0.1) is 11.8 Å². The van der Waals surface area contributed by atoms with Crippen molar-refractivity contribution >= 4 is 40.0 Å². The number of aromatic amines is 1. The molecule has 2 aliphatic heterocycles. The summed E-state index contributed by atoms with van der Waals surface area (Å²) in [6.07, 6.45) is 8.94. The summed E-state index contributed by atoms with van der Waals surface area (Å²) < 4.78 is 4.30. The van der Waals surface area contributed by atoms with Crippen LogP contribution in [0.1, 0.15) is 23.7 Å². The Kier molecular flexibility index (Phi) is 4.11. The van der Waals surface area contributed by atoms with Crippen LogP contribution in [0.4, 0.5) is 5.00 Å². The van der Waals surface area contributed by atoms with Crippen LogP contribution in [0.15, 0.2) is 39.7 Å². The van der Waals surface area contributed by atoms with E-state index < -0.39 is 0 Å². The van der Waals surface area contributed by atoms with Crippen molar-refractivity contribution in [2.24, 2.45) is 9.98 Å². The summed E-state index contributed by atoms with van der Waals surface area (Å²) in [5, 5.41) is 12.3. The summed E-state index contributed by atoms with van der Waals surface area (Å²) in [5.41, 5.74) is 2.14. The second kappa shape index (κ2) is 6.40. The number of hydrogen-bond acceptors (Lipinski definition) is 7. The van der Waals surface area contributed by atoms with Gasteiger partial charge in [-0.25, -0.2) is 4.99 Å². The van der Waals surface area contributed by atoms with Gasteiger partial charge in [-0.1, -0.05) is 0 Å². The topological polar surface area (TPSA) is 81.6 Å². The Balaban J connectivity index is 1.74. The lowest BCUT2D eigenvalue weighted by Gasteiger charge is -2.38. The minimum atomic E-state index is 0.217. The number of fused-ring (bicyclic) bond motifs is 1. The van der Waals surface area contributed by atoms with Gasteiger partial charge < -0.3 is 10.2 Å². The van der Waals surface area contributed by atoms with Crippen molar-refractivity contribution in [1.82, 2.24) is 24.8 Å². The number of amidine groups is 2. The van der Waals surface area contributed by atoms with Gasteiger partial charge in [0.2, 0.25) is 0 Å². The highest BCUT2D eigenvalue weighted by Crippen LogP contribution is 2.32. The van der Waals surface area contributed by atoms with E-state index in [0.29, 0.717) is 0 Å². The van der Waals surface area contributed by atoms with Gasteiger partial charge in [0, 0.05) is 24.5 Å². The maximum Gasteiger partial charge on any atom is 0.175 e. The summed E-state index contributed by atoms with van der Waals surface area (Å²) in [6, 6.07) is 2.20. The standard InChI is InChI=1S/C15H17N7S2/c1-9-5-12(24-21-9)19-14-15-16-4-3-11(10-6-17-18-7-10)22(15)8-13(20-14)23-2/h5-8,11H,3-4H2,1-2H3,(H,17,18)(H,19,20). The van der Waals surface area contributed by atoms with Gasteiger partial charge in [0.1, 0.15) is 5.00 Å². The number of aryl methyl sites for hydroxylation is 1. The Hall–Kier alpha value is -2.13. The summed E-state index contributed by atoms with van der Waals surface area (Å²) in [4.78, 5) is 11.7. The highest BCUT2D eigenvalue weighted by atomic mass is 32.2. The van der Waals surface area contributed by atoms with E-state index in [-0.39, 0.29) is 6.04 Å². The molecule has 0 amide bonds. The van der Waals surface area contributed by atoms with Gasteiger partial charge >= 0.3 is 0 Å². The zero-order chi connectivity index (χ0) is 16.5. The Bertz CT molecular complexity index is 819. The number of nitrogens with zero attached hydrogens (tertiary/aromatic N) is 5. The third-order valence-corrected chi connectivity index (χ3v) is 5.34. The van der Waals surface area contributed by atoms with Gasteiger partial charge in [0.15, 0.2) is 11.7 Å². The van der Waals surface area contributed by atoms with Crippen molar-refractivity contribution < 1.29 is 0 Å². The van der Waals surface area contributed by atoms with Crippen LogP contribution in [0.2, 0.25) is 0 Å². The van der Waals surface area contributed by atoms with Crippen molar-refractivity contribution in [2.45, 2.75) is 19.4 Å². The van der Waals surface area contributed by atoms with Crippen molar-refractivity contribution in [3.63, 3.8) is 0 Å². The highest BCUT2D eigenvalue weighted by molar-refractivity contribution is 8.02. The average molecular weight is 359 g/mol. The molecule has 2 aromatic rings. The first kappa shape index (κ1) is 15.4. The summed E-state index contributed by atoms with van der Waals surface area (Å²) in [7, 11) is 0. The third-order valence-electron chi connectivity index (χ3n) is 3.92. The Morgan fingerprint density at radius 2 is 2.38 bits per heavy atom. The molecule has 0 spiro atoms. The third kappa shape index (κ3) is 2.84. The maximum absolute atomic E-state index is 4.75. The summed E-state index contributed by atoms with van der Waals surface area (Å²) in [6.45, 7) is 2.74. The van der Waals surface area contributed by atoms with Crippen molar-refractivity contribution in [1.29, 1.82) is 0 Å². The summed E-state index contributed by atoms with van der Waals surface area (Å²) >= 11 is 3.05. The molecule has 4 heterocycles. The van der Waals surface area contributed by atoms with E-state index in [9.17, 15) is 0 Å². The lowest BCUT2D eigenvalue weighted by molar-refractivity contribution is 0.370. The largest absolute Gasteiger partial charge is 0.331 e. The fourth-order valence-electron chi connectivity index (χ4n) is 2.81. The number of thioether (sulfide) groups is 1. The van der Waals surface area contributed by atoms with Crippen LogP contribution in [0.5, 0.6) is 0 Å². The van der Waals surface area contributed by atoms with Crippen molar-refractivity contribution in [3.8, 4) is 0 Å². The minimum absolute atomic E-state index is 0.217. The quantitative estimate of drug-likeness (QED) is 0.881. The fourth-order valence-corrected chi connectivity index (χ4v) is 3.87. The Morgan fingerprint density at radius 3 is 3.08 bits per heavy atom. The smallest absolute Gasteiger partial charge is 0.175 e. The molecule has 7 nitrogen and oxygen atoms in total. The first-order valence-electron chi connectivity index (χ1n) is 7.61. The van der Waals surface area contributed by atoms with Crippen LogP contribution in [0.3, 0.4) is 0 Å². The number of nitrogens with one attached hydrogen (secondary N) is 2. The second-order valence-corrected chi connectivity index (χ2v) is 7.17. The average Bonchev–Trinajstić information content (AvgIpc) is 3.26. The molecule has 0 aromatic carbocycles. The lowest BCUT2D eigenvalue weighted by atomic mass is 10.0. The molecule has 124 valence electrons. The molecule has 2 aromatic heterocycles. The predicted molar refractivity (Wildman–Crippen MR) is 98.8 cm³/mol. The molecule has 0 bridgehead atoms. The monoisotopic (exact) mass is 359 g/mol. The number of aliphatic imine (C=N–C) groups is 2. The van der Waals surface area contributed by atoms with Crippen LogP contribution in [0, 0.1) is 6.92 Å². The highest BCUT2D eigenvalue weighted by Gasteiger charge is 2.32.